The van der Waals surface area contributed by atoms with Crippen molar-refractivity contribution in [1.82, 2.24) is 9.47 Å². The third kappa shape index (κ3) is 3.83. The van der Waals surface area contributed by atoms with E-state index in [-0.39, 0.29) is 5.63 Å². The van der Waals surface area contributed by atoms with E-state index in [0.29, 0.717) is 16.6 Å². The predicted molar refractivity (Wildman–Crippen MR) is 122 cm³/mol. The lowest BCUT2D eigenvalue weighted by Gasteiger charge is -2.33. The average molecular weight is 422 g/mol. The Kier molecular flexibility index (Phi) is 5.01. The van der Waals surface area contributed by atoms with Crippen LogP contribution in [0.5, 0.6) is 0 Å². The molecule has 2 aromatic carbocycles. The van der Waals surface area contributed by atoms with Gasteiger partial charge in [-0.15, -0.1) is 0 Å². The Hall–Kier alpha value is -2.76. The van der Waals surface area contributed by atoms with Crippen LogP contribution in [0.15, 0.2) is 63.9 Å². The van der Waals surface area contributed by atoms with Gasteiger partial charge in [0.15, 0.2) is 0 Å². The zero-order chi connectivity index (χ0) is 20.7. The molecule has 30 heavy (non-hydrogen) atoms. The summed E-state index contributed by atoms with van der Waals surface area (Å²) in [6.45, 7) is 3.00. The molecule has 1 N–H and O–H groups in total. The molecule has 2 aromatic heterocycles. The number of rotatable bonds is 4. The number of anilines is 1. The molecule has 0 atom stereocenters. The zero-order valence-electron chi connectivity index (χ0n) is 16.9. The summed E-state index contributed by atoms with van der Waals surface area (Å²) in [4.78, 5) is 14.4. The number of nitrogens with one attached hydrogen (secondary N) is 1. The molecular weight excluding hydrogens is 398 g/mol. The largest absolute Gasteiger partial charge is 0.423 e. The summed E-state index contributed by atoms with van der Waals surface area (Å²) in [5.74, 6) is 0. The van der Waals surface area contributed by atoms with Crippen molar-refractivity contribution in [1.29, 1.82) is 0 Å². The number of piperidine rings is 1. The van der Waals surface area contributed by atoms with E-state index in [1.807, 2.05) is 6.07 Å². The zero-order valence-corrected chi connectivity index (χ0v) is 17.7. The highest BCUT2D eigenvalue weighted by Crippen LogP contribution is 2.27. The lowest BCUT2D eigenvalue weighted by atomic mass is 10.0. The van der Waals surface area contributed by atoms with Crippen molar-refractivity contribution in [3.63, 3.8) is 0 Å². The van der Waals surface area contributed by atoms with Gasteiger partial charge >= 0.3 is 5.63 Å². The number of fused-ring (bicyclic) bond motifs is 2. The van der Waals surface area contributed by atoms with Gasteiger partial charge in [-0.1, -0.05) is 17.7 Å². The third-order valence-electron chi connectivity index (χ3n) is 6.01. The lowest BCUT2D eigenvalue weighted by Crippen LogP contribution is -2.38. The molecule has 1 aliphatic heterocycles. The molecular formula is C24H24ClN3O2. The molecule has 0 bridgehead atoms. The summed E-state index contributed by atoms with van der Waals surface area (Å²) in [6, 6.07) is 16.1. The van der Waals surface area contributed by atoms with E-state index in [0.717, 1.165) is 43.5 Å². The molecule has 154 valence electrons. The molecule has 1 aliphatic rings. The van der Waals surface area contributed by atoms with E-state index in [2.05, 4.69) is 52.3 Å². The van der Waals surface area contributed by atoms with Crippen molar-refractivity contribution < 1.29 is 4.42 Å². The molecule has 0 amide bonds. The molecule has 3 heterocycles. The Balaban J connectivity index is 1.25. The number of hydrogen-bond acceptors (Lipinski definition) is 4. The molecule has 0 unspecified atom stereocenters. The summed E-state index contributed by atoms with van der Waals surface area (Å²) in [5, 5.41) is 6.32. The molecule has 1 saturated heterocycles. The number of likely N-dealkylation sites (tertiary alicyclic amines) is 1. The summed E-state index contributed by atoms with van der Waals surface area (Å²) in [7, 11) is 2.08. The second kappa shape index (κ2) is 7.82. The smallest absolute Gasteiger partial charge is 0.338 e. The first-order valence-electron chi connectivity index (χ1n) is 10.3. The normalized spacial score (nSPS) is 15.8. The van der Waals surface area contributed by atoms with Gasteiger partial charge in [0.05, 0.1) is 5.69 Å². The van der Waals surface area contributed by atoms with E-state index in [9.17, 15) is 4.79 Å². The van der Waals surface area contributed by atoms with E-state index >= 15 is 0 Å². The van der Waals surface area contributed by atoms with Crippen LogP contribution in [-0.2, 0) is 13.6 Å². The Bertz CT molecular complexity index is 1270. The molecule has 4 aromatic rings. The van der Waals surface area contributed by atoms with Gasteiger partial charge in [0, 0.05) is 60.9 Å². The van der Waals surface area contributed by atoms with Crippen LogP contribution in [0.4, 0.5) is 5.69 Å². The Morgan fingerprint density at radius 2 is 1.93 bits per heavy atom. The molecule has 0 radical (unpaired) electrons. The average Bonchev–Trinajstić information content (AvgIpc) is 3.10. The number of benzene rings is 2. The second-order valence-electron chi connectivity index (χ2n) is 8.13. The fraction of sp³-hybridized carbons (Fsp3) is 0.292. The number of nitrogens with zero attached hydrogens (tertiary/aromatic N) is 2. The summed E-state index contributed by atoms with van der Waals surface area (Å²) in [6.07, 6.45) is 4.15. The maximum Gasteiger partial charge on any atom is 0.338 e. The van der Waals surface area contributed by atoms with Crippen molar-refractivity contribution in [2.24, 2.45) is 7.05 Å². The summed E-state index contributed by atoms with van der Waals surface area (Å²) < 4.78 is 7.45. The molecule has 6 heteroatoms. The molecule has 0 spiro atoms. The van der Waals surface area contributed by atoms with Crippen molar-refractivity contribution >= 4 is 39.2 Å². The molecule has 5 rings (SSSR count). The predicted octanol–water partition coefficient (Wildman–Crippen LogP) is 5.01. The highest BCUT2D eigenvalue weighted by atomic mass is 35.5. The fourth-order valence-electron chi connectivity index (χ4n) is 4.40. The van der Waals surface area contributed by atoms with Crippen LogP contribution in [-0.4, -0.2) is 28.6 Å². The van der Waals surface area contributed by atoms with Crippen LogP contribution in [0.3, 0.4) is 0 Å². The minimum Gasteiger partial charge on any atom is -0.423 e. The van der Waals surface area contributed by atoms with Crippen LogP contribution < -0.4 is 10.9 Å². The van der Waals surface area contributed by atoms with Crippen molar-refractivity contribution in [2.45, 2.75) is 25.4 Å². The maximum atomic E-state index is 11.9. The maximum absolute atomic E-state index is 11.9. The fourth-order valence-corrected chi connectivity index (χ4v) is 4.57. The van der Waals surface area contributed by atoms with Gasteiger partial charge in [0.2, 0.25) is 0 Å². The molecule has 5 nitrogen and oxygen atoms in total. The Morgan fingerprint density at radius 1 is 1.10 bits per heavy atom. The summed E-state index contributed by atoms with van der Waals surface area (Å²) >= 11 is 6.15. The van der Waals surface area contributed by atoms with Crippen LogP contribution in [0.1, 0.15) is 18.4 Å². The minimum absolute atomic E-state index is 0.321. The van der Waals surface area contributed by atoms with Gasteiger partial charge in [-0.25, -0.2) is 4.79 Å². The minimum atomic E-state index is -0.346. The first-order valence-corrected chi connectivity index (χ1v) is 10.7. The van der Waals surface area contributed by atoms with Crippen molar-refractivity contribution in [3.05, 3.63) is 75.7 Å². The lowest BCUT2D eigenvalue weighted by molar-refractivity contribution is 0.211. The Labute approximate surface area is 179 Å². The van der Waals surface area contributed by atoms with Gasteiger partial charge in [-0.2, -0.15) is 0 Å². The number of aryl methyl sites for hydroxylation is 1. The highest BCUT2D eigenvalue weighted by Gasteiger charge is 2.20. The van der Waals surface area contributed by atoms with E-state index in [1.54, 1.807) is 12.1 Å². The van der Waals surface area contributed by atoms with E-state index < -0.39 is 0 Å². The Morgan fingerprint density at radius 3 is 2.77 bits per heavy atom. The quantitative estimate of drug-likeness (QED) is 0.470. The van der Waals surface area contributed by atoms with Crippen LogP contribution in [0.25, 0.3) is 21.9 Å². The molecule has 0 aliphatic carbocycles. The second-order valence-corrected chi connectivity index (χ2v) is 8.57. The van der Waals surface area contributed by atoms with Crippen LogP contribution >= 0.6 is 11.6 Å². The van der Waals surface area contributed by atoms with Gasteiger partial charge in [0.25, 0.3) is 0 Å². The van der Waals surface area contributed by atoms with Gasteiger partial charge in [-0.3, -0.25) is 4.90 Å². The molecule has 0 saturated carbocycles. The van der Waals surface area contributed by atoms with Crippen molar-refractivity contribution in [2.75, 3.05) is 18.4 Å². The third-order valence-corrected chi connectivity index (χ3v) is 6.24. The molecule has 1 fully saturated rings. The first kappa shape index (κ1) is 19.2. The highest BCUT2D eigenvalue weighted by molar-refractivity contribution is 6.31. The monoisotopic (exact) mass is 421 g/mol. The SMILES string of the molecule is Cn1ccc2cc(CN3CCC(Nc4cc(=O)oc5ccc(Cl)cc45)CC3)ccc21. The van der Waals surface area contributed by atoms with Crippen LogP contribution in [0, 0.1) is 0 Å². The van der Waals surface area contributed by atoms with Crippen molar-refractivity contribution in [3.8, 4) is 0 Å². The van der Waals surface area contributed by atoms with Gasteiger partial charge < -0.3 is 14.3 Å². The number of hydrogen-bond donors (Lipinski definition) is 1. The van der Waals surface area contributed by atoms with E-state index in [4.69, 9.17) is 16.0 Å². The van der Waals surface area contributed by atoms with Gasteiger partial charge in [0.1, 0.15) is 5.58 Å². The standard InChI is InChI=1S/C24H24ClN3O2/c1-27-9-6-17-12-16(2-4-22(17)27)15-28-10-7-19(8-11-28)26-21-14-24(29)30-23-5-3-18(25)13-20(21)23/h2-6,9,12-14,19,26H,7-8,10-11,15H2,1H3. The van der Waals surface area contributed by atoms with Gasteiger partial charge in [-0.05, 0) is 60.2 Å². The van der Waals surface area contributed by atoms with E-state index in [1.165, 1.54) is 22.5 Å². The topological polar surface area (TPSA) is 50.4 Å². The number of halogens is 1. The first-order chi connectivity index (χ1) is 14.5. The number of aromatic nitrogens is 1. The van der Waals surface area contributed by atoms with Crippen LogP contribution in [0.2, 0.25) is 5.02 Å². The summed E-state index contributed by atoms with van der Waals surface area (Å²) in [5.41, 5.74) is 3.63.